The van der Waals surface area contributed by atoms with Crippen molar-refractivity contribution in [1.82, 2.24) is 10.6 Å². The third kappa shape index (κ3) is 5.32. The quantitative estimate of drug-likeness (QED) is 0.354. The van der Waals surface area contributed by atoms with E-state index in [9.17, 15) is 20.1 Å². The van der Waals surface area contributed by atoms with Gasteiger partial charge in [0.15, 0.2) is 0 Å². The number of fused-ring (bicyclic) bond motifs is 1. The van der Waals surface area contributed by atoms with Crippen LogP contribution in [0.2, 0.25) is 0 Å². The van der Waals surface area contributed by atoms with Gasteiger partial charge in [0.05, 0.1) is 24.1 Å². The summed E-state index contributed by atoms with van der Waals surface area (Å²) in [6, 6.07) is 8.79. The summed E-state index contributed by atoms with van der Waals surface area (Å²) < 4.78 is 11.9. The van der Waals surface area contributed by atoms with Crippen LogP contribution in [0.3, 0.4) is 0 Å². The molecule has 1 aromatic carbocycles. The molecule has 5 N–H and O–H groups in total. The zero-order valence-electron chi connectivity index (χ0n) is 19.2. The first-order chi connectivity index (χ1) is 16.3. The Bertz CT molecular complexity index is 872. The van der Waals surface area contributed by atoms with Crippen LogP contribution in [-0.2, 0) is 14.3 Å². The molecule has 34 heavy (non-hydrogen) atoms. The highest BCUT2D eigenvalue weighted by molar-refractivity contribution is 7.99. The molecule has 3 aliphatic heterocycles. The highest BCUT2D eigenvalue weighted by Crippen LogP contribution is 2.33. The highest BCUT2D eigenvalue weighted by Gasteiger charge is 2.49. The molecule has 10 atom stereocenters. The van der Waals surface area contributed by atoms with E-state index in [1.165, 1.54) is 17.3 Å². The van der Waals surface area contributed by atoms with Crippen molar-refractivity contribution in [3.8, 4) is 0 Å². The highest BCUT2D eigenvalue weighted by atomic mass is 35.5. The molecule has 0 aromatic heterocycles. The van der Waals surface area contributed by atoms with E-state index in [-0.39, 0.29) is 17.9 Å². The van der Waals surface area contributed by atoms with Crippen molar-refractivity contribution in [2.45, 2.75) is 66.8 Å². The van der Waals surface area contributed by atoms with Gasteiger partial charge in [-0.3, -0.25) is 4.79 Å². The maximum absolute atomic E-state index is 13.3. The van der Waals surface area contributed by atoms with Gasteiger partial charge in [0, 0.05) is 12.5 Å². The number of ether oxygens (including phenoxy) is 2. The van der Waals surface area contributed by atoms with Crippen molar-refractivity contribution in [1.29, 1.82) is 0 Å². The monoisotopic (exact) mass is 512 g/mol. The number of nitrogens with one attached hydrogen (secondary N) is 2. The number of rotatable bonds is 6. The third-order valence-corrected chi connectivity index (χ3v) is 8.04. The Labute approximate surface area is 209 Å². The van der Waals surface area contributed by atoms with Gasteiger partial charge in [-0.15, -0.1) is 23.4 Å². The van der Waals surface area contributed by atoms with Gasteiger partial charge in [0.1, 0.15) is 35.9 Å². The number of carbonyl (C=O) groups is 1. The number of hydrogen-bond donors (Lipinski definition) is 5. The van der Waals surface area contributed by atoms with Crippen molar-refractivity contribution < 1.29 is 29.6 Å². The number of halogens is 1. The largest absolute Gasteiger partial charge is 0.388 e. The van der Waals surface area contributed by atoms with Crippen LogP contribution in [-0.4, -0.2) is 94.1 Å². The maximum Gasteiger partial charge on any atom is 0.240 e. The van der Waals surface area contributed by atoms with Crippen LogP contribution in [0.4, 0.5) is 0 Å². The minimum absolute atomic E-state index is 0.131. The molecule has 0 spiro atoms. The first-order valence-corrected chi connectivity index (χ1v) is 13.3. The molecule has 0 aliphatic carbocycles. The average Bonchev–Trinajstić information content (AvgIpc) is 3.11. The van der Waals surface area contributed by atoms with Gasteiger partial charge in [-0.1, -0.05) is 36.4 Å². The molecular weight excluding hydrogens is 480 g/mol. The zero-order valence-corrected chi connectivity index (χ0v) is 20.8. The molecule has 0 bridgehead atoms. The van der Waals surface area contributed by atoms with E-state index in [1.54, 1.807) is 13.2 Å². The predicted octanol–water partition coefficient (Wildman–Crippen LogP) is 0.730. The van der Waals surface area contributed by atoms with E-state index in [4.69, 9.17) is 21.1 Å². The molecule has 1 amide bonds. The van der Waals surface area contributed by atoms with Crippen molar-refractivity contribution in [3.63, 3.8) is 0 Å². The number of thioether (sulfide) groups is 1. The van der Waals surface area contributed by atoms with Crippen LogP contribution in [0.5, 0.6) is 0 Å². The lowest BCUT2D eigenvalue weighted by atomic mass is 9.90. The summed E-state index contributed by atoms with van der Waals surface area (Å²) in [7, 11) is 0. The Morgan fingerprint density at radius 3 is 2.62 bits per heavy atom. The fourth-order valence-corrected chi connectivity index (χ4v) is 5.92. The van der Waals surface area contributed by atoms with E-state index in [1.807, 2.05) is 18.2 Å². The smallest absolute Gasteiger partial charge is 0.240 e. The molecular formula is C24H33ClN2O6S. The Balaban J connectivity index is 1.44. The third-order valence-electron chi connectivity index (χ3n) is 6.92. The molecule has 3 aliphatic rings. The first kappa shape index (κ1) is 25.9. The Morgan fingerprint density at radius 1 is 1.21 bits per heavy atom. The second-order valence-corrected chi connectivity index (χ2v) is 10.8. The van der Waals surface area contributed by atoms with Crippen LogP contribution in [0.25, 0.3) is 5.57 Å². The molecule has 0 saturated carbocycles. The van der Waals surface area contributed by atoms with E-state index in [2.05, 4.69) is 28.8 Å². The molecule has 0 radical (unpaired) electrons. The summed E-state index contributed by atoms with van der Waals surface area (Å²) in [5.41, 5.74) is 1.61. The van der Waals surface area contributed by atoms with Gasteiger partial charge in [0.2, 0.25) is 5.91 Å². The number of hydrogen-bond acceptors (Lipinski definition) is 8. The SMILES string of the molecule is CSC1OC([C@H](NC(=O)[C@H]2NC[C@@H]3CC(c4ccccc4)=CCO[C@H]32)[C@H](C)Cl)C(O)C(O)C1O. The van der Waals surface area contributed by atoms with E-state index >= 15 is 0 Å². The molecule has 4 rings (SSSR count). The minimum Gasteiger partial charge on any atom is -0.388 e. The number of alkyl halides is 1. The lowest BCUT2D eigenvalue weighted by molar-refractivity contribution is -0.205. The first-order valence-electron chi connectivity index (χ1n) is 11.6. The zero-order chi connectivity index (χ0) is 24.4. The topological polar surface area (TPSA) is 120 Å². The van der Waals surface area contributed by atoms with Crippen LogP contribution in [0.1, 0.15) is 18.9 Å². The van der Waals surface area contributed by atoms with Gasteiger partial charge in [-0.2, -0.15) is 0 Å². The Hall–Kier alpha value is -1.17. The molecule has 2 fully saturated rings. The number of amides is 1. The molecule has 5 unspecified atom stereocenters. The lowest BCUT2D eigenvalue weighted by Gasteiger charge is -2.44. The molecule has 1 aromatic rings. The van der Waals surface area contributed by atoms with Crippen molar-refractivity contribution in [2.75, 3.05) is 19.4 Å². The van der Waals surface area contributed by atoms with Gasteiger partial charge < -0.3 is 35.4 Å². The predicted molar refractivity (Wildman–Crippen MR) is 131 cm³/mol. The normalized spacial score (nSPS) is 37.8. The summed E-state index contributed by atoms with van der Waals surface area (Å²) in [6.07, 6.45) is -0.743. The number of benzene rings is 1. The second-order valence-electron chi connectivity index (χ2n) is 9.13. The van der Waals surface area contributed by atoms with Gasteiger partial charge in [0.25, 0.3) is 0 Å². The minimum atomic E-state index is -1.41. The molecule has 8 nitrogen and oxygen atoms in total. The molecule has 10 heteroatoms. The summed E-state index contributed by atoms with van der Waals surface area (Å²) >= 11 is 7.62. The second kappa shape index (κ2) is 11.3. The van der Waals surface area contributed by atoms with Crippen LogP contribution >= 0.6 is 23.4 Å². The number of aliphatic hydroxyl groups excluding tert-OH is 3. The van der Waals surface area contributed by atoms with Crippen molar-refractivity contribution in [3.05, 3.63) is 42.0 Å². The Kier molecular flexibility index (Phi) is 8.58. The summed E-state index contributed by atoms with van der Waals surface area (Å²) in [6.45, 7) is 2.74. The number of carbonyl (C=O) groups excluding carboxylic acids is 1. The van der Waals surface area contributed by atoms with Crippen LogP contribution < -0.4 is 10.6 Å². The van der Waals surface area contributed by atoms with E-state index < -0.39 is 47.3 Å². The summed E-state index contributed by atoms with van der Waals surface area (Å²) in [5, 5.41) is 36.6. The maximum atomic E-state index is 13.3. The van der Waals surface area contributed by atoms with E-state index in [0.29, 0.717) is 13.2 Å². The fourth-order valence-electron chi connectivity index (χ4n) is 5.04. The number of aliphatic hydroxyl groups is 3. The standard InChI is InChI=1S/C24H33ClN2O6S/c1-12(25)16(22-19(29)18(28)20(30)24(33-22)34-2)27-23(31)17-21-15(11-26-17)10-14(8-9-32-21)13-6-4-3-5-7-13/h3-8,12,15-22,24,26,28-30H,9-11H2,1-2H3,(H,27,31)/t12-,15-,16+,17-,18?,19?,20?,21+,22?,24?/m0/s1. The molecule has 188 valence electrons. The van der Waals surface area contributed by atoms with Gasteiger partial charge in [-0.25, -0.2) is 0 Å². The average molecular weight is 513 g/mol. The van der Waals surface area contributed by atoms with Crippen LogP contribution in [0, 0.1) is 5.92 Å². The van der Waals surface area contributed by atoms with Gasteiger partial charge in [-0.05, 0) is 30.7 Å². The summed E-state index contributed by atoms with van der Waals surface area (Å²) in [5.74, 6) is -0.170. The Morgan fingerprint density at radius 2 is 1.94 bits per heavy atom. The lowest BCUT2D eigenvalue weighted by Crippen LogP contribution is -2.65. The molecule has 3 heterocycles. The van der Waals surface area contributed by atoms with Gasteiger partial charge >= 0.3 is 0 Å². The number of allylic oxidation sites excluding steroid dienone is 1. The fraction of sp³-hybridized carbons (Fsp3) is 0.625. The van der Waals surface area contributed by atoms with Crippen molar-refractivity contribution >= 4 is 34.8 Å². The van der Waals surface area contributed by atoms with Crippen LogP contribution in [0.15, 0.2) is 36.4 Å². The van der Waals surface area contributed by atoms with Crippen molar-refractivity contribution in [2.24, 2.45) is 5.92 Å². The summed E-state index contributed by atoms with van der Waals surface area (Å²) in [4.78, 5) is 13.3. The van der Waals surface area contributed by atoms with E-state index in [0.717, 1.165) is 12.0 Å². The molecule has 2 saturated heterocycles.